The Morgan fingerprint density at radius 2 is 1.95 bits per heavy atom. The summed E-state index contributed by atoms with van der Waals surface area (Å²) >= 11 is 12.2. The van der Waals surface area contributed by atoms with Crippen LogP contribution in [0.15, 0.2) is 35.1 Å². The van der Waals surface area contributed by atoms with E-state index in [1.807, 2.05) is 6.07 Å². The van der Waals surface area contributed by atoms with Crippen LogP contribution in [0.25, 0.3) is 11.3 Å². The highest BCUT2D eigenvalue weighted by molar-refractivity contribution is 6.35. The molecule has 100 valence electrons. The minimum atomic E-state index is -0.261. The van der Waals surface area contributed by atoms with Crippen LogP contribution in [0.2, 0.25) is 10.0 Å². The molecule has 5 heteroatoms. The van der Waals surface area contributed by atoms with Crippen molar-refractivity contribution in [1.29, 1.82) is 5.26 Å². The Kier molecular flexibility index (Phi) is 3.29. The maximum absolute atomic E-state index is 12.3. The van der Waals surface area contributed by atoms with Gasteiger partial charge in [-0.2, -0.15) is 5.26 Å². The van der Waals surface area contributed by atoms with E-state index >= 15 is 0 Å². The molecule has 1 heterocycles. The van der Waals surface area contributed by atoms with E-state index in [1.54, 1.807) is 28.8 Å². The summed E-state index contributed by atoms with van der Waals surface area (Å²) in [6.45, 7) is 0. The van der Waals surface area contributed by atoms with Crippen LogP contribution in [0.3, 0.4) is 0 Å². The van der Waals surface area contributed by atoms with E-state index < -0.39 is 0 Å². The van der Waals surface area contributed by atoms with E-state index in [2.05, 4.69) is 0 Å². The second-order valence-corrected chi connectivity index (χ2v) is 5.62. The molecule has 20 heavy (non-hydrogen) atoms. The van der Waals surface area contributed by atoms with Gasteiger partial charge in [-0.1, -0.05) is 23.2 Å². The number of pyridine rings is 1. The molecule has 1 aliphatic rings. The van der Waals surface area contributed by atoms with Crippen LogP contribution in [0.1, 0.15) is 24.4 Å². The Morgan fingerprint density at radius 1 is 1.20 bits per heavy atom. The molecule has 1 saturated carbocycles. The normalized spacial score (nSPS) is 14.1. The van der Waals surface area contributed by atoms with Gasteiger partial charge in [0.1, 0.15) is 11.6 Å². The van der Waals surface area contributed by atoms with Crippen molar-refractivity contribution in [3.8, 4) is 17.3 Å². The van der Waals surface area contributed by atoms with Gasteiger partial charge in [0, 0.05) is 21.7 Å². The van der Waals surface area contributed by atoms with Crippen LogP contribution in [-0.2, 0) is 0 Å². The zero-order valence-corrected chi connectivity index (χ0v) is 11.9. The third-order valence-electron chi connectivity index (χ3n) is 3.35. The summed E-state index contributed by atoms with van der Waals surface area (Å²) in [5.41, 5.74) is 1.32. The molecule has 0 spiro atoms. The third kappa shape index (κ3) is 2.22. The molecule has 2 aromatic rings. The summed E-state index contributed by atoms with van der Waals surface area (Å²) < 4.78 is 1.66. The first-order valence-corrected chi connectivity index (χ1v) is 6.98. The lowest BCUT2D eigenvalue weighted by Crippen LogP contribution is -2.23. The molecule has 0 saturated heterocycles. The molecule has 0 aliphatic heterocycles. The summed E-state index contributed by atoms with van der Waals surface area (Å²) in [6.07, 6.45) is 1.89. The summed E-state index contributed by atoms with van der Waals surface area (Å²) in [5.74, 6) is 0. The molecule has 0 unspecified atom stereocenters. The number of nitriles is 1. The van der Waals surface area contributed by atoms with Gasteiger partial charge in [0.05, 0.1) is 5.69 Å². The van der Waals surface area contributed by atoms with Crippen LogP contribution in [0.5, 0.6) is 0 Å². The molecule has 0 amide bonds. The van der Waals surface area contributed by atoms with E-state index in [0.29, 0.717) is 21.3 Å². The lowest BCUT2D eigenvalue weighted by atomic mass is 10.1. The van der Waals surface area contributed by atoms with E-state index in [0.717, 1.165) is 12.8 Å². The largest absolute Gasteiger partial charge is 0.304 e. The number of hydrogen-bond acceptors (Lipinski definition) is 2. The predicted octanol–water partition coefficient (Wildman–Crippen LogP) is 4.03. The number of halogens is 2. The first kappa shape index (κ1) is 13.2. The second-order valence-electron chi connectivity index (χ2n) is 4.77. The highest BCUT2D eigenvalue weighted by atomic mass is 35.5. The fourth-order valence-electron chi connectivity index (χ4n) is 2.25. The van der Waals surface area contributed by atoms with E-state index in [4.69, 9.17) is 28.5 Å². The zero-order chi connectivity index (χ0) is 14.3. The maximum atomic E-state index is 12.3. The van der Waals surface area contributed by atoms with Crippen molar-refractivity contribution in [2.75, 3.05) is 0 Å². The number of rotatable bonds is 2. The summed E-state index contributed by atoms with van der Waals surface area (Å²) in [6, 6.07) is 10.5. The molecule has 1 aliphatic carbocycles. The molecule has 1 fully saturated rings. The monoisotopic (exact) mass is 304 g/mol. The van der Waals surface area contributed by atoms with Gasteiger partial charge >= 0.3 is 0 Å². The lowest BCUT2D eigenvalue weighted by molar-refractivity contribution is 0.713. The Hall–Kier alpha value is -1.76. The minimum absolute atomic E-state index is 0.152. The number of nitrogens with zero attached hydrogens (tertiary/aromatic N) is 2. The van der Waals surface area contributed by atoms with Crippen LogP contribution >= 0.6 is 23.2 Å². The van der Waals surface area contributed by atoms with Gasteiger partial charge in [-0.05, 0) is 43.2 Å². The average Bonchev–Trinajstić information content (AvgIpc) is 3.25. The van der Waals surface area contributed by atoms with Crippen molar-refractivity contribution in [2.24, 2.45) is 0 Å². The highest BCUT2D eigenvalue weighted by Gasteiger charge is 2.28. The highest BCUT2D eigenvalue weighted by Crippen LogP contribution is 2.39. The fraction of sp³-hybridized carbons (Fsp3) is 0.200. The second kappa shape index (κ2) is 4.97. The molecular weight excluding hydrogens is 295 g/mol. The van der Waals surface area contributed by atoms with Gasteiger partial charge in [-0.3, -0.25) is 4.79 Å². The van der Waals surface area contributed by atoms with Gasteiger partial charge in [0.15, 0.2) is 0 Å². The molecular formula is C15H10Cl2N2O. The van der Waals surface area contributed by atoms with Crippen molar-refractivity contribution in [3.05, 3.63) is 56.3 Å². The van der Waals surface area contributed by atoms with E-state index in [-0.39, 0.29) is 17.2 Å². The molecule has 0 radical (unpaired) electrons. The maximum Gasteiger partial charge on any atom is 0.269 e. The van der Waals surface area contributed by atoms with Gasteiger partial charge in [-0.15, -0.1) is 0 Å². The van der Waals surface area contributed by atoms with Crippen LogP contribution < -0.4 is 5.56 Å². The van der Waals surface area contributed by atoms with Crippen molar-refractivity contribution in [1.82, 2.24) is 4.57 Å². The van der Waals surface area contributed by atoms with Crippen LogP contribution in [0, 0.1) is 11.3 Å². The van der Waals surface area contributed by atoms with Crippen molar-refractivity contribution in [2.45, 2.75) is 18.9 Å². The lowest BCUT2D eigenvalue weighted by Gasteiger charge is -2.14. The molecule has 3 rings (SSSR count). The fourth-order valence-corrected chi connectivity index (χ4v) is 2.63. The average molecular weight is 305 g/mol. The van der Waals surface area contributed by atoms with Gasteiger partial charge < -0.3 is 4.57 Å². The van der Waals surface area contributed by atoms with Crippen molar-refractivity contribution < 1.29 is 0 Å². The number of aromatic nitrogens is 1. The molecule has 1 aromatic carbocycles. The quantitative estimate of drug-likeness (QED) is 0.841. The van der Waals surface area contributed by atoms with Crippen LogP contribution in [-0.4, -0.2) is 4.57 Å². The molecule has 1 aromatic heterocycles. The summed E-state index contributed by atoms with van der Waals surface area (Å²) in [5, 5.41) is 10.1. The molecule has 0 bridgehead atoms. The Bertz CT molecular complexity index is 785. The predicted molar refractivity (Wildman–Crippen MR) is 79.1 cm³/mol. The van der Waals surface area contributed by atoms with Gasteiger partial charge in [-0.25, -0.2) is 0 Å². The van der Waals surface area contributed by atoms with Gasteiger partial charge in [0.25, 0.3) is 5.56 Å². The Labute approximate surface area is 126 Å². The third-order valence-corrected chi connectivity index (χ3v) is 3.92. The molecule has 3 nitrogen and oxygen atoms in total. The smallest absolute Gasteiger partial charge is 0.269 e. The molecule has 0 atom stereocenters. The topological polar surface area (TPSA) is 45.8 Å². The minimum Gasteiger partial charge on any atom is -0.304 e. The SMILES string of the molecule is N#Cc1ccc(-c2cc(Cl)ccc2Cl)n(C2CC2)c1=O. The Morgan fingerprint density at radius 3 is 2.60 bits per heavy atom. The standard InChI is InChI=1S/C15H10Cl2N2O/c16-10-2-5-13(17)12(7-10)14-6-1-9(8-18)15(20)19(14)11-3-4-11/h1-2,5-7,11H,3-4H2. The number of hydrogen-bond donors (Lipinski definition) is 0. The zero-order valence-electron chi connectivity index (χ0n) is 10.4. The van der Waals surface area contributed by atoms with E-state index in [9.17, 15) is 4.79 Å². The van der Waals surface area contributed by atoms with Gasteiger partial charge in [0.2, 0.25) is 0 Å². The van der Waals surface area contributed by atoms with Crippen molar-refractivity contribution >= 4 is 23.2 Å². The van der Waals surface area contributed by atoms with E-state index in [1.165, 1.54) is 6.07 Å². The molecule has 0 N–H and O–H groups in total. The number of benzene rings is 1. The Balaban J connectivity index is 2.29. The summed E-state index contributed by atoms with van der Waals surface area (Å²) in [4.78, 5) is 12.3. The first-order chi connectivity index (χ1) is 9.61. The first-order valence-electron chi connectivity index (χ1n) is 6.23. The van der Waals surface area contributed by atoms with Crippen LogP contribution in [0.4, 0.5) is 0 Å². The summed E-state index contributed by atoms with van der Waals surface area (Å²) in [7, 11) is 0. The van der Waals surface area contributed by atoms with Crippen molar-refractivity contribution in [3.63, 3.8) is 0 Å².